The van der Waals surface area contributed by atoms with Gasteiger partial charge in [0.15, 0.2) is 0 Å². The molecule has 0 aromatic heterocycles. The van der Waals surface area contributed by atoms with Gasteiger partial charge in [-0.2, -0.15) is 0 Å². The van der Waals surface area contributed by atoms with E-state index in [9.17, 15) is 0 Å². The molecule has 0 aromatic rings. The standard InChI is InChI=1S/C13H25NO/c1-11(2)9-10(12(3,4)15-11)14-13(5)7-6-8-13/h10,14H,6-9H2,1-5H3. The van der Waals surface area contributed by atoms with Crippen molar-refractivity contribution >= 4 is 0 Å². The molecule has 1 aliphatic heterocycles. The molecule has 1 aliphatic carbocycles. The summed E-state index contributed by atoms with van der Waals surface area (Å²) in [5, 5.41) is 3.81. The molecule has 0 radical (unpaired) electrons. The zero-order valence-electron chi connectivity index (χ0n) is 10.8. The molecule has 0 aromatic carbocycles. The molecule has 0 spiro atoms. The van der Waals surface area contributed by atoms with Crippen molar-refractivity contribution in [2.24, 2.45) is 0 Å². The monoisotopic (exact) mass is 211 g/mol. The largest absolute Gasteiger partial charge is 0.368 e. The van der Waals surface area contributed by atoms with Crippen molar-refractivity contribution < 1.29 is 4.74 Å². The van der Waals surface area contributed by atoms with Crippen molar-refractivity contribution in [1.29, 1.82) is 0 Å². The van der Waals surface area contributed by atoms with Crippen molar-refractivity contribution in [1.82, 2.24) is 5.32 Å². The third-order valence-electron chi connectivity index (χ3n) is 4.05. The molecule has 88 valence electrons. The molecule has 2 aliphatic rings. The van der Waals surface area contributed by atoms with Crippen molar-refractivity contribution in [3.63, 3.8) is 0 Å². The maximum Gasteiger partial charge on any atom is 0.0787 e. The maximum atomic E-state index is 6.10. The Hall–Kier alpha value is -0.0800. The van der Waals surface area contributed by atoms with Crippen LogP contribution in [0.5, 0.6) is 0 Å². The topological polar surface area (TPSA) is 21.3 Å². The minimum absolute atomic E-state index is 0.0257. The summed E-state index contributed by atoms with van der Waals surface area (Å²) < 4.78 is 6.10. The van der Waals surface area contributed by atoms with Crippen molar-refractivity contribution in [3.05, 3.63) is 0 Å². The Morgan fingerprint density at radius 2 is 1.67 bits per heavy atom. The first-order valence-electron chi connectivity index (χ1n) is 6.20. The van der Waals surface area contributed by atoms with Gasteiger partial charge in [-0.1, -0.05) is 0 Å². The van der Waals surface area contributed by atoms with E-state index in [2.05, 4.69) is 39.9 Å². The van der Waals surface area contributed by atoms with E-state index in [1.54, 1.807) is 0 Å². The molecule has 0 amide bonds. The van der Waals surface area contributed by atoms with Gasteiger partial charge in [0.1, 0.15) is 0 Å². The van der Waals surface area contributed by atoms with Crippen LogP contribution < -0.4 is 5.32 Å². The Morgan fingerprint density at radius 1 is 1.07 bits per heavy atom. The van der Waals surface area contributed by atoms with E-state index >= 15 is 0 Å². The van der Waals surface area contributed by atoms with Crippen LogP contribution in [0.25, 0.3) is 0 Å². The zero-order valence-corrected chi connectivity index (χ0v) is 10.8. The van der Waals surface area contributed by atoms with Gasteiger partial charge in [0.2, 0.25) is 0 Å². The van der Waals surface area contributed by atoms with E-state index in [0.717, 1.165) is 6.42 Å². The summed E-state index contributed by atoms with van der Waals surface area (Å²) in [5.74, 6) is 0. The summed E-state index contributed by atoms with van der Waals surface area (Å²) in [6.07, 6.45) is 5.14. The first-order chi connectivity index (χ1) is 6.73. The lowest BCUT2D eigenvalue weighted by atomic mass is 9.77. The molecular weight excluding hydrogens is 186 g/mol. The van der Waals surface area contributed by atoms with Gasteiger partial charge in [-0.15, -0.1) is 0 Å². The minimum atomic E-state index is -0.0257. The van der Waals surface area contributed by atoms with E-state index in [1.165, 1.54) is 19.3 Å². The quantitative estimate of drug-likeness (QED) is 0.758. The molecule has 2 nitrogen and oxygen atoms in total. The molecule has 1 unspecified atom stereocenters. The molecule has 1 atom stereocenters. The van der Waals surface area contributed by atoms with E-state index in [-0.39, 0.29) is 11.2 Å². The van der Waals surface area contributed by atoms with E-state index < -0.39 is 0 Å². The minimum Gasteiger partial charge on any atom is -0.368 e. The number of rotatable bonds is 2. The average molecular weight is 211 g/mol. The van der Waals surface area contributed by atoms with Gasteiger partial charge in [-0.05, 0) is 60.3 Å². The summed E-state index contributed by atoms with van der Waals surface area (Å²) >= 11 is 0. The Labute approximate surface area is 93.8 Å². The van der Waals surface area contributed by atoms with Gasteiger partial charge < -0.3 is 10.1 Å². The van der Waals surface area contributed by atoms with Crippen LogP contribution in [0.2, 0.25) is 0 Å². The van der Waals surface area contributed by atoms with Gasteiger partial charge in [0.25, 0.3) is 0 Å². The lowest BCUT2D eigenvalue weighted by Crippen LogP contribution is -2.57. The summed E-state index contributed by atoms with van der Waals surface area (Å²) in [4.78, 5) is 0. The fourth-order valence-corrected chi connectivity index (χ4v) is 3.06. The van der Waals surface area contributed by atoms with Crippen LogP contribution in [-0.2, 0) is 4.74 Å². The fraction of sp³-hybridized carbons (Fsp3) is 1.00. The molecular formula is C13H25NO. The van der Waals surface area contributed by atoms with Crippen LogP contribution in [0.15, 0.2) is 0 Å². The van der Waals surface area contributed by atoms with Crippen LogP contribution in [0.3, 0.4) is 0 Å². The Morgan fingerprint density at radius 3 is 2.00 bits per heavy atom. The summed E-state index contributed by atoms with van der Waals surface area (Å²) in [6.45, 7) is 11.2. The number of hydrogen-bond acceptors (Lipinski definition) is 2. The van der Waals surface area contributed by atoms with Gasteiger partial charge >= 0.3 is 0 Å². The summed E-state index contributed by atoms with van der Waals surface area (Å²) in [7, 11) is 0. The molecule has 1 saturated carbocycles. The predicted molar refractivity (Wildman–Crippen MR) is 63.0 cm³/mol. The van der Waals surface area contributed by atoms with E-state index in [1.807, 2.05) is 0 Å². The molecule has 2 heteroatoms. The first-order valence-corrected chi connectivity index (χ1v) is 6.20. The molecule has 15 heavy (non-hydrogen) atoms. The van der Waals surface area contributed by atoms with E-state index in [4.69, 9.17) is 4.74 Å². The normalized spacial score (nSPS) is 36.2. The van der Waals surface area contributed by atoms with Gasteiger partial charge in [-0.3, -0.25) is 0 Å². The number of ether oxygens (including phenoxy) is 1. The molecule has 0 bridgehead atoms. The fourth-order valence-electron chi connectivity index (χ4n) is 3.06. The first kappa shape index (κ1) is 11.4. The van der Waals surface area contributed by atoms with E-state index in [0.29, 0.717) is 11.6 Å². The maximum absolute atomic E-state index is 6.10. The Bertz CT molecular complexity index is 253. The molecule has 1 saturated heterocycles. The van der Waals surface area contributed by atoms with Gasteiger partial charge in [0.05, 0.1) is 11.2 Å². The van der Waals surface area contributed by atoms with Crippen molar-refractivity contribution in [2.45, 2.75) is 83.1 Å². The summed E-state index contributed by atoms with van der Waals surface area (Å²) in [5.41, 5.74) is 0.384. The van der Waals surface area contributed by atoms with Gasteiger partial charge in [0, 0.05) is 11.6 Å². The average Bonchev–Trinajstić information content (AvgIpc) is 2.16. The van der Waals surface area contributed by atoms with Crippen molar-refractivity contribution in [3.8, 4) is 0 Å². The SMILES string of the molecule is CC1(NC2CC(C)(C)OC2(C)C)CCC1. The van der Waals surface area contributed by atoms with Crippen LogP contribution >= 0.6 is 0 Å². The Balaban J connectivity index is 2.03. The third kappa shape index (κ3) is 2.21. The van der Waals surface area contributed by atoms with Crippen LogP contribution in [-0.4, -0.2) is 22.8 Å². The highest BCUT2D eigenvalue weighted by Crippen LogP contribution is 2.40. The number of nitrogens with one attached hydrogen (secondary N) is 1. The molecule has 1 N–H and O–H groups in total. The van der Waals surface area contributed by atoms with Crippen molar-refractivity contribution in [2.75, 3.05) is 0 Å². The third-order valence-corrected chi connectivity index (χ3v) is 4.05. The lowest BCUT2D eigenvalue weighted by molar-refractivity contribution is -0.0727. The second-order valence-electron chi connectivity index (χ2n) is 6.78. The highest BCUT2D eigenvalue weighted by atomic mass is 16.5. The molecule has 2 rings (SSSR count). The molecule has 1 heterocycles. The second-order valence-corrected chi connectivity index (χ2v) is 6.78. The Kier molecular flexibility index (Phi) is 2.44. The predicted octanol–water partition coefficient (Wildman–Crippen LogP) is 2.86. The highest BCUT2D eigenvalue weighted by Gasteiger charge is 2.48. The lowest BCUT2D eigenvalue weighted by Gasteiger charge is -2.44. The van der Waals surface area contributed by atoms with Crippen LogP contribution in [0.1, 0.15) is 60.3 Å². The second kappa shape index (κ2) is 3.21. The zero-order chi connectivity index (χ0) is 11.3. The van der Waals surface area contributed by atoms with Crippen LogP contribution in [0, 0.1) is 0 Å². The van der Waals surface area contributed by atoms with Gasteiger partial charge in [-0.25, -0.2) is 0 Å². The number of hydrogen-bond donors (Lipinski definition) is 1. The molecule has 2 fully saturated rings. The van der Waals surface area contributed by atoms with Crippen LogP contribution in [0.4, 0.5) is 0 Å². The smallest absolute Gasteiger partial charge is 0.0787 e. The highest BCUT2D eigenvalue weighted by molar-refractivity contribution is 5.04. The summed E-state index contributed by atoms with van der Waals surface area (Å²) in [6, 6.07) is 0.498.